The van der Waals surface area contributed by atoms with Crippen molar-refractivity contribution in [2.75, 3.05) is 32.7 Å². The molecule has 3 aliphatic heterocycles. The predicted molar refractivity (Wildman–Crippen MR) is 90.1 cm³/mol. The molecule has 0 N–H and O–H groups in total. The van der Waals surface area contributed by atoms with Gasteiger partial charge >= 0.3 is 0 Å². The molecule has 23 heavy (non-hydrogen) atoms. The molecule has 3 aliphatic rings. The third-order valence-electron chi connectivity index (χ3n) is 5.81. The largest absolute Gasteiger partial charge is 0.342 e. The molecular weight excluding hydrogens is 290 g/mol. The van der Waals surface area contributed by atoms with E-state index >= 15 is 0 Å². The number of piperidine rings is 1. The molecule has 0 saturated carbocycles. The van der Waals surface area contributed by atoms with Gasteiger partial charge in [-0.1, -0.05) is 12.8 Å². The van der Waals surface area contributed by atoms with Crippen molar-refractivity contribution in [3.63, 3.8) is 0 Å². The van der Waals surface area contributed by atoms with Gasteiger partial charge in [0.05, 0.1) is 0 Å². The lowest BCUT2D eigenvalue weighted by Gasteiger charge is -2.49. The minimum absolute atomic E-state index is 0.225. The third-order valence-corrected chi connectivity index (χ3v) is 5.81. The van der Waals surface area contributed by atoms with Crippen molar-refractivity contribution < 1.29 is 9.59 Å². The van der Waals surface area contributed by atoms with Gasteiger partial charge in [-0.05, 0) is 39.2 Å². The van der Waals surface area contributed by atoms with Gasteiger partial charge in [-0.25, -0.2) is 0 Å². The average molecular weight is 321 g/mol. The summed E-state index contributed by atoms with van der Waals surface area (Å²) < 4.78 is 0. The average Bonchev–Trinajstić information content (AvgIpc) is 2.70. The highest BCUT2D eigenvalue weighted by Crippen LogP contribution is 2.24. The minimum Gasteiger partial charge on any atom is -0.342 e. The van der Waals surface area contributed by atoms with Crippen LogP contribution in [0.25, 0.3) is 0 Å². The van der Waals surface area contributed by atoms with E-state index in [0.29, 0.717) is 31.5 Å². The van der Waals surface area contributed by atoms with Gasteiger partial charge in [0, 0.05) is 51.1 Å². The maximum absolute atomic E-state index is 12.3. The number of likely N-dealkylation sites (tertiary alicyclic amines) is 3. The molecule has 5 nitrogen and oxygen atoms in total. The topological polar surface area (TPSA) is 43.9 Å². The molecule has 1 unspecified atom stereocenters. The van der Waals surface area contributed by atoms with E-state index in [1.165, 1.54) is 25.8 Å². The second kappa shape index (κ2) is 7.65. The molecule has 0 aromatic heterocycles. The Balaban J connectivity index is 1.39. The van der Waals surface area contributed by atoms with Crippen LogP contribution >= 0.6 is 0 Å². The van der Waals surface area contributed by atoms with Crippen LogP contribution in [0.1, 0.15) is 58.3 Å². The first kappa shape index (κ1) is 16.7. The number of hydrogen-bond donors (Lipinski definition) is 0. The number of carbonyl (C=O) groups is 2. The Morgan fingerprint density at radius 1 is 1.09 bits per heavy atom. The van der Waals surface area contributed by atoms with Crippen molar-refractivity contribution in [3.8, 4) is 0 Å². The smallest absolute Gasteiger partial charge is 0.224 e. The summed E-state index contributed by atoms with van der Waals surface area (Å²) in [7, 11) is 0. The normalized spacial score (nSPS) is 27.7. The Hall–Kier alpha value is -1.10. The van der Waals surface area contributed by atoms with E-state index in [4.69, 9.17) is 0 Å². The summed E-state index contributed by atoms with van der Waals surface area (Å²) in [6.07, 6.45) is 8.31. The number of hydrogen-bond acceptors (Lipinski definition) is 3. The molecule has 0 spiro atoms. The Morgan fingerprint density at radius 3 is 2.65 bits per heavy atom. The predicted octanol–water partition coefficient (Wildman–Crippen LogP) is 1.86. The molecule has 0 bridgehead atoms. The van der Waals surface area contributed by atoms with Crippen molar-refractivity contribution >= 4 is 11.8 Å². The van der Waals surface area contributed by atoms with Gasteiger partial charge in [-0.15, -0.1) is 0 Å². The fraction of sp³-hybridized carbons (Fsp3) is 0.889. The molecular formula is C18H31N3O2. The molecule has 5 heteroatoms. The Kier molecular flexibility index (Phi) is 5.57. The molecule has 1 atom stereocenters. The Labute approximate surface area is 140 Å². The summed E-state index contributed by atoms with van der Waals surface area (Å²) in [5, 5.41) is 0. The van der Waals surface area contributed by atoms with E-state index in [2.05, 4.69) is 11.8 Å². The van der Waals surface area contributed by atoms with Crippen LogP contribution in [0.15, 0.2) is 0 Å². The van der Waals surface area contributed by atoms with Crippen LogP contribution in [0.5, 0.6) is 0 Å². The summed E-state index contributed by atoms with van der Waals surface area (Å²) in [5.41, 5.74) is 0. The first-order valence-electron chi connectivity index (χ1n) is 9.46. The second-order valence-corrected chi connectivity index (χ2v) is 7.48. The first-order valence-corrected chi connectivity index (χ1v) is 9.46. The van der Waals surface area contributed by atoms with Crippen LogP contribution in [0.2, 0.25) is 0 Å². The molecule has 3 saturated heterocycles. The number of rotatable bonds is 4. The summed E-state index contributed by atoms with van der Waals surface area (Å²) in [4.78, 5) is 30.8. The van der Waals surface area contributed by atoms with Crippen molar-refractivity contribution in [1.82, 2.24) is 14.7 Å². The summed E-state index contributed by atoms with van der Waals surface area (Å²) in [6.45, 7) is 6.72. The first-order chi connectivity index (χ1) is 11.1. The van der Waals surface area contributed by atoms with Crippen molar-refractivity contribution in [2.45, 2.75) is 70.4 Å². The van der Waals surface area contributed by atoms with Gasteiger partial charge in [0.15, 0.2) is 0 Å². The van der Waals surface area contributed by atoms with E-state index in [-0.39, 0.29) is 11.8 Å². The lowest BCUT2D eigenvalue weighted by molar-refractivity contribution is -0.141. The van der Waals surface area contributed by atoms with Gasteiger partial charge in [-0.2, -0.15) is 0 Å². The molecule has 0 aromatic rings. The number of carbonyl (C=O) groups excluding carboxylic acids is 2. The van der Waals surface area contributed by atoms with Crippen LogP contribution in [-0.4, -0.2) is 71.3 Å². The quantitative estimate of drug-likeness (QED) is 0.794. The lowest BCUT2D eigenvalue weighted by atomic mass is 9.97. The molecule has 3 rings (SSSR count). The minimum atomic E-state index is 0.225. The summed E-state index contributed by atoms with van der Waals surface area (Å²) >= 11 is 0. The van der Waals surface area contributed by atoms with E-state index in [9.17, 15) is 9.59 Å². The van der Waals surface area contributed by atoms with Gasteiger partial charge < -0.3 is 9.80 Å². The standard InChI is InChI=1S/C18H31N3O2/c1-15-7-4-6-11-21(15)16-13-20(14-16)18(23)9-12-19-10-5-2-3-8-17(19)22/h15-16H,2-14H2,1H3. The zero-order valence-corrected chi connectivity index (χ0v) is 14.5. The highest BCUT2D eigenvalue weighted by Gasteiger charge is 2.37. The molecule has 130 valence electrons. The Morgan fingerprint density at radius 2 is 1.87 bits per heavy atom. The summed E-state index contributed by atoms with van der Waals surface area (Å²) in [5.74, 6) is 0.460. The van der Waals surface area contributed by atoms with Crippen molar-refractivity contribution in [1.29, 1.82) is 0 Å². The third kappa shape index (κ3) is 4.06. The van der Waals surface area contributed by atoms with Crippen LogP contribution in [-0.2, 0) is 9.59 Å². The SMILES string of the molecule is CC1CCCCN1C1CN(C(=O)CCN2CCCCCC2=O)C1. The molecule has 0 radical (unpaired) electrons. The maximum atomic E-state index is 12.3. The fourth-order valence-electron chi connectivity index (χ4n) is 4.20. The van der Waals surface area contributed by atoms with Gasteiger partial charge in [0.2, 0.25) is 11.8 Å². The number of amides is 2. The fourth-order valence-corrected chi connectivity index (χ4v) is 4.20. The molecule has 0 aromatic carbocycles. The highest BCUT2D eigenvalue weighted by molar-refractivity contribution is 5.79. The maximum Gasteiger partial charge on any atom is 0.224 e. The monoisotopic (exact) mass is 321 g/mol. The lowest BCUT2D eigenvalue weighted by Crippen LogP contribution is -2.63. The zero-order chi connectivity index (χ0) is 16.2. The van der Waals surface area contributed by atoms with Crippen LogP contribution in [0, 0.1) is 0 Å². The molecule has 2 amide bonds. The zero-order valence-electron chi connectivity index (χ0n) is 14.5. The van der Waals surface area contributed by atoms with Gasteiger partial charge in [-0.3, -0.25) is 14.5 Å². The molecule has 3 heterocycles. The second-order valence-electron chi connectivity index (χ2n) is 7.48. The van der Waals surface area contributed by atoms with Crippen molar-refractivity contribution in [2.24, 2.45) is 0 Å². The van der Waals surface area contributed by atoms with Crippen LogP contribution in [0.4, 0.5) is 0 Å². The molecule has 0 aliphatic carbocycles. The van der Waals surface area contributed by atoms with Gasteiger partial charge in [0.25, 0.3) is 0 Å². The van der Waals surface area contributed by atoms with E-state index in [1.807, 2.05) is 9.80 Å². The summed E-state index contributed by atoms with van der Waals surface area (Å²) in [6, 6.07) is 1.23. The Bertz CT molecular complexity index is 434. The van der Waals surface area contributed by atoms with E-state index in [0.717, 1.165) is 38.9 Å². The van der Waals surface area contributed by atoms with E-state index in [1.54, 1.807) is 0 Å². The van der Waals surface area contributed by atoms with Gasteiger partial charge in [0.1, 0.15) is 0 Å². The number of nitrogens with zero attached hydrogens (tertiary/aromatic N) is 3. The highest BCUT2D eigenvalue weighted by atomic mass is 16.2. The van der Waals surface area contributed by atoms with Crippen LogP contribution in [0.3, 0.4) is 0 Å². The molecule has 3 fully saturated rings. The van der Waals surface area contributed by atoms with E-state index < -0.39 is 0 Å². The van der Waals surface area contributed by atoms with Crippen LogP contribution < -0.4 is 0 Å². The van der Waals surface area contributed by atoms with Crippen molar-refractivity contribution in [3.05, 3.63) is 0 Å².